The second-order valence-corrected chi connectivity index (χ2v) is 9.09. The van der Waals surface area contributed by atoms with Crippen LogP contribution in [0.15, 0.2) is 23.6 Å². The Morgan fingerprint density at radius 3 is 2.76 bits per heavy atom. The molecule has 33 heavy (non-hydrogen) atoms. The lowest BCUT2D eigenvalue weighted by Gasteiger charge is -2.37. The molecule has 2 aliphatic rings. The largest absolute Gasteiger partial charge is 0.379 e. The summed E-state index contributed by atoms with van der Waals surface area (Å²) in [6, 6.07) is 5.63. The number of hydrogen-bond donors (Lipinski definition) is 2. The zero-order valence-electron chi connectivity index (χ0n) is 19.1. The normalized spacial score (nSPS) is 17.0. The van der Waals surface area contributed by atoms with Gasteiger partial charge in [-0.15, -0.1) is 11.3 Å². The van der Waals surface area contributed by atoms with E-state index in [-0.39, 0.29) is 17.9 Å². The van der Waals surface area contributed by atoms with E-state index in [0.29, 0.717) is 23.5 Å². The molecular formula is C23H31N5O4S. The van der Waals surface area contributed by atoms with Crippen molar-refractivity contribution in [1.82, 2.24) is 15.2 Å². The number of nitrogens with zero attached hydrogens (tertiary/aromatic N) is 3. The Hall–Kier alpha value is -2.53. The molecule has 10 heteroatoms. The lowest BCUT2D eigenvalue weighted by molar-refractivity contribution is 0.0342. The number of hydrogen-bond acceptors (Lipinski definition) is 8. The monoisotopic (exact) mass is 473 g/mol. The van der Waals surface area contributed by atoms with E-state index < -0.39 is 0 Å². The third-order valence-corrected chi connectivity index (χ3v) is 6.70. The van der Waals surface area contributed by atoms with Crippen molar-refractivity contribution in [1.29, 1.82) is 0 Å². The third-order valence-electron chi connectivity index (χ3n) is 5.80. The SMILES string of the molecule is CCCNC(=O)c1cc(CN2CCOCC2)ccc1NC(=O)c1csc(N2CC(OC)C2)n1. The van der Waals surface area contributed by atoms with Crippen molar-refractivity contribution in [3.8, 4) is 0 Å². The van der Waals surface area contributed by atoms with Crippen LogP contribution >= 0.6 is 11.3 Å². The minimum absolute atomic E-state index is 0.193. The first-order valence-electron chi connectivity index (χ1n) is 11.3. The minimum Gasteiger partial charge on any atom is -0.379 e. The summed E-state index contributed by atoms with van der Waals surface area (Å²) in [4.78, 5) is 34.6. The fourth-order valence-corrected chi connectivity index (χ4v) is 4.61. The van der Waals surface area contributed by atoms with Crippen molar-refractivity contribution >= 4 is 34.0 Å². The quantitative estimate of drug-likeness (QED) is 0.576. The summed E-state index contributed by atoms with van der Waals surface area (Å²) >= 11 is 1.43. The Bertz CT molecular complexity index is 970. The van der Waals surface area contributed by atoms with E-state index in [1.807, 2.05) is 19.1 Å². The summed E-state index contributed by atoms with van der Waals surface area (Å²) in [7, 11) is 1.70. The van der Waals surface area contributed by atoms with Gasteiger partial charge < -0.3 is 25.0 Å². The smallest absolute Gasteiger partial charge is 0.275 e. The highest BCUT2D eigenvalue weighted by atomic mass is 32.1. The molecule has 0 atom stereocenters. The fraction of sp³-hybridized carbons (Fsp3) is 0.522. The Morgan fingerprint density at radius 2 is 2.03 bits per heavy atom. The van der Waals surface area contributed by atoms with Gasteiger partial charge in [-0.3, -0.25) is 14.5 Å². The van der Waals surface area contributed by atoms with Crippen LogP contribution in [0.1, 0.15) is 39.8 Å². The van der Waals surface area contributed by atoms with E-state index in [0.717, 1.165) is 63.1 Å². The molecule has 0 radical (unpaired) electrons. The van der Waals surface area contributed by atoms with E-state index >= 15 is 0 Å². The number of nitrogens with one attached hydrogen (secondary N) is 2. The van der Waals surface area contributed by atoms with Crippen LogP contribution in [0.2, 0.25) is 0 Å². The number of carbonyl (C=O) groups is 2. The number of rotatable bonds is 9. The number of morpholine rings is 1. The van der Waals surface area contributed by atoms with Crippen LogP contribution in [0.25, 0.3) is 0 Å². The average Bonchev–Trinajstić information content (AvgIpc) is 3.28. The summed E-state index contributed by atoms with van der Waals surface area (Å²) in [5.74, 6) is -0.520. The maximum atomic E-state index is 12.9. The molecule has 2 aromatic rings. The van der Waals surface area contributed by atoms with Crippen molar-refractivity contribution < 1.29 is 19.1 Å². The molecule has 178 valence electrons. The molecule has 0 saturated carbocycles. The predicted octanol–water partition coefficient (Wildman–Crippen LogP) is 2.20. The van der Waals surface area contributed by atoms with Gasteiger partial charge in [0.15, 0.2) is 5.13 Å². The zero-order valence-corrected chi connectivity index (χ0v) is 20.0. The Morgan fingerprint density at radius 1 is 1.24 bits per heavy atom. The molecule has 2 fully saturated rings. The average molecular weight is 474 g/mol. The van der Waals surface area contributed by atoms with Crippen molar-refractivity contribution in [2.45, 2.75) is 26.0 Å². The molecule has 3 heterocycles. The standard InChI is InChI=1S/C23H31N5O4S/c1-3-6-24-21(29)18-11-16(12-27-7-9-32-10-8-27)4-5-19(18)25-22(30)20-15-33-23(26-20)28-13-17(14-28)31-2/h4-5,11,15,17H,3,6-10,12-14H2,1-2H3,(H,24,29)(H,25,30). The summed E-state index contributed by atoms with van der Waals surface area (Å²) in [6.07, 6.45) is 1.05. The first-order valence-corrected chi connectivity index (χ1v) is 12.2. The van der Waals surface area contributed by atoms with Gasteiger partial charge in [-0.2, -0.15) is 0 Å². The number of amides is 2. The number of methoxy groups -OCH3 is 1. The Labute approximate surface area is 198 Å². The Kier molecular flexibility index (Phi) is 7.92. The van der Waals surface area contributed by atoms with Crippen molar-refractivity contribution in [3.63, 3.8) is 0 Å². The molecule has 2 saturated heterocycles. The van der Waals surface area contributed by atoms with Crippen LogP contribution in [0, 0.1) is 0 Å². The number of anilines is 2. The van der Waals surface area contributed by atoms with Crippen LogP contribution in [-0.2, 0) is 16.0 Å². The van der Waals surface area contributed by atoms with Gasteiger partial charge in [0, 0.05) is 51.8 Å². The molecule has 9 nitrogen and oxygen atoms in total. The highest BCUT2D eigenvalue weighted by Gasteiger charge is 2.29. The topological polar surface area (TPSA) is 96.0 Å². The molecule has 1 aromatic heterocycles. The second-order valence-electron chi connectivity index (χ2n) is 8.26. The fourth-order valence-electron chi connectivity index (χ4n) is 3.78. The summed E-state index contributed by atoms with van der Waals surface area (Å²) in [5.41, 5.74) is 2.31. The first kappa shape index (κ1) is 23.6. The van der Waals surface area contributed by atoms with Gasteiger partial charge in [-0.05, 0) is 24.1 Å². The molecule has 0 spiro atoms. The van der Waals surface area contributed by atoms with Crippen LogP contribution in [-0.4, -0.2) is 80.8 Å². The van der Waals surface area contributed by atoms with Gasteiger partial charge in [0.25, 0.3) is 11.8 Å². The molecular weight excluding hydrogens is 442 g/mol. The summed E-state index contributed by atoms with van der Waals surface area (Å²) < 4.78 is 10.7. The van der Waals surface area contributed by atoms with Gasteiger partial charge in [-0.1, -0.05) is 13.0 Å². The van der Waals surface area contributed by atoms with Crippen molar-refractivity contribution in [2.24, 2.45) is 0 Å². The maximum absolute atomic E-state index is 12.9. The number of benzene rings is 1. The molecule has 0 aliphatic carbocycles. The van der Waals surface area contributed by atoms with E-state index in [4.69, 9.17) is 9.47 Å². The summed E-state index contributed by atoms with van der Waals surface area (Å²) in [6.45, 7) is 8.04. The molecule has 4 rings (SSSR count). The molecule has 1 aromatic carbocycles. The third kappa shape index (κ3) is 5.89. The lowest BCUT2D eigenvalue weighted by Crippen LogP contribution is -2.51. The number of ether oxygens (including phenoxy) is 2. The van der Waals surface area contributed by atoms with E-state index in [9.17, 15) is 9.59 Å². The van der Waals surface area contributed by atoms with Gasteiger partial charge in [0.2, 0.25) is 0 Å². The lowest BCUT2D eigenvalue weighted by atomic mass is 10.1. The van der Waals surface area contributed by atoms with Crippen molar-refractivity contribution in [2.75, 3.05) is 63.3 Å². The maximum Gasteiger partial charge on any atom is 0.275 e. The molecule has 2 aliphatic heterocycles. The second kappa shape index (κ2) is 11.1. The highest BCUT2D eigenvalue weighted by Crippen LogP contribution is 2.27. The van der Waals surface area contributed by atoms with E-state index in [1.165, 1.54) is 11.3 Å². The van der Waals surface area contributed by atoms with Gasteiger partial charge in [-0.25, -0.2) is 4.98 Å². The van der Waals surface area contributed by atoms with Crippen molar-refractivity contribution in [3.05, 3.63) is 40.4 Å². The van der Waals surface area contributed by atoms with Crippen LogP contribution in [0.5, 0.6) is 0 Å². The van der Waals surface area contributed by atoms with Crippen LogP contribution < -0.4 is 15.5 Å². The van der Waals surface area contributed by atoms with E-state index in [1.54, 1.807) is 18.6 Å². The number of thiazole rings is 1. The molecule has 2 amide bonds. The summed E-state index contributed by atoms with van der Waals surface area (Å²) in [5, 5.41) is 8.36. The van der Waals surface area contributed by atoms with Gasteiger partial charge in [0.05, 0.1) is 30.6 Å². The van der Waals surface area contributed by atoms with Gasteiger partial charge >= 0.3 is 0 Å². The van der Waals surface area contributed by atoms with Crippen LogP contribution in [0.3, 0.4) is 0 Å². The van der Waals surface area contributed by atoms with Crippen LogP contribution in [0.4, 0.5) is 10.8 Å². The van der Waals surface area contributed by atoms with E-state index in [2.05, 4.69) is 25.4 Å². The minimum atomic E-state index is -0.327. The van der Waals surface area contributed by atoms with Gasteiger partial charge in [0.1, 0.15) is 5.69 Å². The number of aromatic nitrogens is 1. The molecule has 0 unspecified atom stereocenters. The highest BCUT2D eigenvalue weighted by molar-refractivity contribution is 7.14. The molecule has 2 N–H and O–H groups in total. The first-order chi connectivity index (χ1) is 16.1. The molecule has 0 bridgehead atoms. The Balaban J connectivity index is 1.47. The zero-order chi connectivity index (χ0) is 23.2. The predicted molar refractivity (Wildman–Crippen MR) is 128 cm³/mol. The number of carbonyl (C=O) groups excluding carboxylic acids is 2.